The Balaban J connectivity index is 1.73. The predicted molar refractivity (Wildman–Crippen MR) is 106 cm³/mol. The molecule has 2 saturated heterocycles. The van der Waals surface area contributed by atoms with Crippen molar-refractivity contribution in [1.29, 1.82) is 0 Å². The number of halogens is 2. The van der Waals surface area contributed by atoms with Gasteiger partial charge in [-0.3, -0.25) is 4.90 Å². The van der Waals surface area contributed by atoms with Crippen molar-refractivity contribution in [1.82, 2.24) is 5.32 Å². The van der Waals surface area contributed by atoms with Crippen LogP contribution in [0.15, 0.2) is 12.1 Å². The van der Waals surface area contributed by atoms with Crippen LogP contribution < -0.4 is 15.1 Å². The summed E-state index contributed by atoms with van der Waals surface area (Å²) in [6.07, 6.45) is -0.274. The number of benzene rings is 1. The molecule has 0 unspecified atom stereocenters. The first-order valence-electron chi connectivity index (χ1n) is 8.61. The van der Waals surface area contributed by atoms with Gasteiger partial charge in [0.1, 0.15) is 11.8 Å². The number of nitrogens with zero attached hydrogens (tertiary/aromatic N) is 2. The smallest absolute Gasteiger partial charge is 0.414 e. The second-order valence-electron chi connectivity index (χ2n) is 6.20. The number of carbonyl (C=O) groups is 1. The standard InChI is InChI=1S/C17H21F2N3O3S2/c1-24-16(26)20-9-12-10-22(17(23)25-12)11-7-13(18)15(14(19)8-11)21-3-2-5-27-6-4-21/h7-8,12H,2-6,9-10H2,1H3,(H,20,26)/t12-/m0/s1. The number of hydrogen-bond acceptors (Lipinski definition) is 6. The molecule has 1 aromatic rings. The Morgan fingerprint density at radius 2 is 2.11 bits per heavy atom. The van der Waals surface area contributed by atoms with Gasteiger partial charge in [-0.25, -0.2) is 13.6 Å². The van der Waals surface area contributed by atoms with Crippen LogP contribution in [-0.2, 0) is 9.47 Å². The summed E-state index contributed by atoms with van der Waals surface area (Å²) in [5.41, 5.74) is 0.109. The van der Waals surface area contributed by atoms with E-state index < -0.39 is 23.8 Å². The summed E-state index contributed by atoms with van der Waals surface area (Å²) in [4.78, 5) is 15.1. The van der Waals surface area contributed by atoms with Crippen LogP contribution in [0.4, 0.5) is 25.0 Å². The minimum Gasteiger partial charge on any atom is -0.474 e. The van der Waals surface area contributed by atoms with Crippen molar-refractivity contribution in [2.75, 3.05) is 54.6 Å². The summed E-state index contributed by atoms with van der Waals surface area (Å²) < 4.78 is 39.4. The van der Waals surface area contributed by atoms with Crippen molar-refractivity contribution in [3.63, 3.8) is 0 Å². The molecule has 2 aliphatic heterocycles. The number of anilines is 2. The molecule has 148 valence electrons. The van der Waals surface area contributed by atoms with Crippen LogP contribution in [0.3, 0.4) is 0 Å². The molecule has 1 amide bonds. The van der Waals surface area contributed by atoms with E-state index in [1.807, 2.05) is 0 Å². The van der Waals surface area contributed by atoms with Crippen LogP contribution in [-0.4, -0.2) is 62.2 Å². The monoisotopic (exact) mass is 417 g/mol. The first kappa shape index (κ1) is 19.9. The Morgan fingerprint density at radius 3 is 2.81 bits per heavy atom. The van der Waals surface area contributed by atoms with E-state index in [1.165, 1.54) is 24.1 Å². The molecule has 3 rings (SSSR count). The molecule has 0 aromatic heterocycles. The summed E-state index contributed by atoms with van der Waals surface area (Å²) in [5, 5.41) is 2.98. The Kier molecular flexibility index (Phi) is 6.59. The number of nitrogens with one attached hydrogen (secondary N) is 1. The number of cyclic esters (lactones) is 1. The highest BCUT2D eigenvalue weighted by Gasteiger charge is 2.33. The van der Waals surface area contributed by atoms with Gasteiger partial charge in [0.25, 0.3) is 5.17 Å². The number of amides is 1. The maximum absolute atomic E-state index is 14.7. The van der Waals surface area contributed by atoms with Crippen molar-refractivity contribution in [2.24, 2.45) is 0 Å². The highest BCUT2D eigenvalue weighted by Crippen LogP contribution is 2.32. The molecule has 1 aromatic carbocycles. The minimum atomic E-state index is -0.674. The highest BCUT2D eigenvalue weighted by molar-refractivity contribution is 7.99. The zero-order chi connectivity index (χ0) is 19.4. The molecular weight excluding hydrogens is 396 g/mol. The maximum Gasteiger partial charge on any atom is 0.414 e. The lowest BCUT2D eigenvalue weighted by atomic mass is 10.2. The van der Waals surface area contributed by atoms with Gasteiger partial charge in [0.15, 0.2) is 11.6 Å². The first-order chi connectivity index (χ1) is 13.0. The average molecular weight is 418 g/mol. The van der Waals surface area contributed by atoms with Gasteiger partial charge in [0.05, 0.1) is 25.9 Å². The number of hydrogen-bond donors (Lipinski definition) is 1. The predicted octanol–water partition coefficient (Wildman–Crippen LogP) is 2.75. The van der Waals surface area contributed by atoms with E-state index in [0.717, 1.165) is 17.9 Å². The van der Waals surface area contributed by atoms with Crippen molar-refractivity contribution in [3.05, 3.63) is 23.8 Å². The van der Waals surface area contributed by atoms with E-state index in [0.29, 0.717) is 13.1 Å². The fourth-order valence-electron chi connectivity index (χ4n) is 3.09. The van der Waals surface area contributed by atoms with Crippen LogP contribution in [0, 0.1) is 11.6 Å². The lowest BCUT2D eigenvalue weighted by molar-refractivity contribution is 0.142. The molecule has 0 aliphatic carbocycles. The number of ether oxygens (including phenoxy) is 2. The van der Waals surface area contributed by atoms with E-state index >= 15 is 0 Å². The third kappa shape index (κ3) is 4.73. The Labute approximate surface area is 166 Å². The molecule has 1 N–H and O–H groups in total. The van der Waals surface area contributed by atoms with Gasteiger partial charge in [-0.05, 0) is 24.4 Å². The maximum atomic E-state index is 14.7. The number of thiocarbonyl (C=S) groups is 1. The second-order valence-corrected chi connectivity index (χ2v) is 7.80. The summed E-state index contributed by atoms with van der Waals surface area (Å²) in [6, 6.07) is 2.38. The molecule has 27 heavy (non-hydrogen) atoms. The van der Waals surface area contributed by atoms with Gasteiger partial charge in [0.2, 0.25) is 0 Å². The Hall–Kier alpha value is -1.81. The fourth-order valence-corrected chi connectivity index (χ4v) is 4.06. The first-order valence-corrected chi connectivity index (χ1v) is 10.2. The molecular formula is C17H21F2N3O3S2. The Bertz CT molecular complexity index is 692. The SMILES string of the molecule is COC(=S)NC[C@H]1CN(c2cc(F)c(N3CCCSCC3)c(F)c2)C(=O)O1. The van der Waals surface area contributed by atoms with Gasteiger partial charge >= 0.3 is 6.09 Å². The van der Waals surface area contributed by atoms with Crippen molar-refractivity contribution in [2.45, 2.75) is 12.5 Å². The minimum absolute atomic E-state index is 0.0301. The summed E-state index contributed by atoms with van der Waals surface area (Å²) in [6.45, 7) is 1.62. The molecule has 1 atom stereocenters. The molecule has 0 saturated carbocycles. The molecule has 6 nitrogen and oxygen atoms in total. The molecule has 10 heteroatoms. The summed E-state index contributed by atoms with van der Waals surface area (Å²) in [5.74, 6) is 0.467. The zero-order valence-corrected chi connectivity index (χ0v) is 16.5. The van der Waals surface area contributed by atoms with Crippen molar-refractivity contribution < 1.29 is 23.0 Å². The largest absolute Gasteiger partial charge is 0.474 e. The number of rotatable bonds is 4. The van der Waals surface area contributed by atoms with Gasteiger partial charge in [-0.15, -0.1) is 0 Å². The Morgan fingerprint density at radius 1 is 1.37 bits per heavy atom. The van der Waals surface area contributed by atoms with Crippen LogP contribution in [0.2, 0.25) is 0 Å². The van der Waals surface area contributed by atoms with Crippen molar-refractivity contribution >= 4 is 46.6 Å². The van der Waals surface area contributed by atoms with Gasteiger partial charge in [0, 0.05) is 31.0 Å². The molecule has 0 radical (unpaired) electrons. The quantitative estimate of drug-likeness (QED) is 0.756. The number of thioether (sulfide) groups is 1. The normalized spacial score (nSPS) is 20.3. The molecule has 0 spiro atoms. The van der Waals surface area contributed by atoms with E-state index in [2.05, 4.69) is 5.32 Å². The fraction of sp³-hybridized carbons (Fsp3) is 0.529. The molecule has 2 aliphatic rings. The zero-order valence-electron chi connectivity index (χ0n) is 14.9. The second kappa shape index (κ2) is 8.92. The average Bonchev–Trinajstić information content (AvgIpc) is 2.82. The third-order valence-electron chi connectivity index (χ3n) is 4.39. The van der Waals surface area contributed by atoms with E-state index in [1.54, 1.807) is 16.7 Å². The van der Waals surface area contributed by atoms with Crippen LogP contribution in [0.25, 0.3) is 0 Å². The topological polar surface area (TPSA) is 54.0 Å². The lowest BCUT2D eigenvalue weighted by Crippen LogP contribution is -2.34. The van der Waals surface area contributed by atoms with Crippen LogP contribution in [0.5, 0.6) is 0 Å². The van der Waals surface area contributed by atoms with E-state index in [4.69, 9.17) is 21.7 Å². The molecule has 2 heterocycles. The number of carbonyl (C=O) groups excluding carboxylic acids is 1. The highest BCUT2D eigenvalue weighted by atomic mass is 32.2. The third-order valence-corrected chi connectivity index (χ3v) is 5.74. The van der Waals surface area contributed by atoms with Gasteiger partial charge in [-0.1, -0.05) is 0 Å². The van der Waals surface area contributed by atoms with E-state index in [-0.39, 0.29) is 29.6 Å². The molecule has 0 bridgehead atoms. The van der Waals surface area contributed by atoms with Crippen LogP contribution >= 0.6 is 24.0 Å². The number of methoxy groups -OCH3 is 1. The summed E-state index contributed by atoms with van der Waals surface area (Å²) >= 11 is 6.65. The van der Waals surface area contributed by atoms with Gasteiger partial charge < -0.3 is 19.7 Å². The van der Waals surface area contributed by atoms with Gasteiger partial charge in [-0.2, -0.15) is 11.8 Å². The van der Waals surface area contributed by atoms with E-state index in [9.17, 15) is 13.6 Å². The van der Waals surface area contributed by atoms with Crippen molar-refractivity contribution in [3.8, 4) is 0 Å². The van der Waals surface area contributed by atoms with Crippen LogP contribution in [0.1, 0.15) is 6.42 Å². The lowest BCUT2D eigenvalue weighted by Gasteiger charge is -2.24. The molecule has 2 fully saturated rings. The summed E-state index contributed by atoms with van der Waals surface area (Å²) in [7, 11) is 1.43.